The van der Waals surface area contributed by atoms with Crippen LogP contribution < -0.4 is 5.32 Å². The Kier molecular flexibility index (Phi) is 2.13. The summed E-state index contributed by atoms with van der Waals surface area (Å²) in [6.07, 6.45) is 5.82. The van der Waals surface area contributed by atoms with Gasteiger partial charge in [-0.25, -0.2) is 0 Å². The highest BCUT2D eigenvalue weighted by Gasteiger charge is 2.13. The normalized spacial score (nSPS) is 19.2. The topological polar surface area (TPSA) is 29.1 Å². The second-order valence-electron chi connectivity index (χ2n) is 3.09. The third-order valence-corrected chi connectivity index (χ3v) is 2.30. The number of allylic oxidation sites excluding steroid dienone is 1. The average molecular weight is 173 g/mol. The van der Waals surface area contributed by atoms with Gasteiger partial charge in [0.15, 0.2) is 0 Å². The van der Waals surface area contributed by atoms with E-state index in [0.29, 0.717) is 0 Å². The van der Waals surface area contributed by atoms with Gasteiger partial charge >= 0.3 is 0 Å². The van der Waals surface area contributed by atoms with E-state index in [-0.39, 0.29) is 6.04 Å². The molecule has 1 atom stereocenters. The molecule has 0 aromatic heterocycles. The lowest BCUT2D eigenvalue weighted by Gasteiger charge is -2.19. The number of hydrogen-bond acceptors (Lipinski definition) is 1. The van der Waals surface area contributed by atoms with E-state index in [4.69, 9.17) is 0 Å². The van der Waals surface area contributed by atoms with Gasteiger partial charge in [-0.1, -0.05) is 36.4 Å². The maximum Gasteiger partial charge on any atom is 0.207 e. The van der Waals surface area contributed by atoms with Gasteiger partial charge < -0.3 is 5.32 Å². The standard InChI is InChI=1S/C11H11NO/c13-8-12-11-7-3-5-9-4-1-2-6-10(9)11/h1-4,6-8,11H,5H2,(H,12,13). The molecule has 1 aromatic rings. The van der Waals surface area contributed by atoms with Crippen molar-refractivity contribution in [2.45, 2.75) is 12.5 Å². The van der Waals surface area contributed by atoms with Crippen molar-refractivity contribution in [1.29, 1.82) is 0 Å². The van der Waals surface area contributed by atoms with Crippen molar-refractivity contribution in [3.05, 3.63) is 47.5 Å². The molecule has 1 N–H and O–H groups in total. The molecule has 0 radical (unpaired) electrons. The molecule has 0 aliphatic heterocycles. The van der Waals surface area contributed by atoms with Gasteiger partial charge in [-0.15, -0.1) is 0 Å². The third kappa shape index (κ3) is 1.47. The van der Waals surface area contributed by atoms with Crippen LogP contribution >= 0.6 is 0 Å². The van der Waals surface area contributed by atoms with E-state index >= 15 is 0 Å². The monoisotopic (exact) mass is 173 g/mol. The van der Waals surface area contributed by atoms with Crippen LogP contribution in [0.5, 0.6) is 0 Å². The Balaban J connectivity index is 2.36. The Bertz CT molecular complexity index is 344. The van der Waals surface area contributed by atoms with Crippen LogP contribution in [-0.2, 0) is 11.2 Å². The van der Waals surface area contributed by atoms with Crippen molar-refractivity contribution in [2.24, 2.45) is 0 Å². The molecule has 2 rings (SSSR count). The van der Waals surface area contributed by atoms with Gasteiger partial charge in [0.1, 0.15) is 0 Å². The second kappa shape index (κ2) is 3.44. The Morgan fingerprint density at radius 1 is 1.38 bits per heavy atom. The summed E-state index contributed by atoms with van der Waals surface area (Å²) in [6, 6.07) is 8.23. The first-order chi connectivity index (χ1) is 6.42. The van der Waals surface area contributed by atoms with Crippen LogP contribution in [0.3, 0.4) is 0 Å². The van der Waals surface area contributed by atoms with E-state index in [9.17, 15) is 4.79 Å². The summed E-state index contributed by atoms with van der Waals surface area (Å²) in [7, 11) is 0. The first-order valence-electron chi connectivity index (χ1n) is 4.36. The van der Waals surface area contributed by atoms with Crippen LogP contribution in [0.2, 0.25) is 0 Å². The Hall–Kier alpha value is -1.57. The fourth-order valence-corrected chi connectivity index (χ4v) is 1.68. The molecule has 2 heteroatoms. The predicted molar refractivity (Wildman–Crippen MR) is 51.2 cm³/mol. The fraction of sp³-hybridized carbons (Fsp3) is 0.182. The SMILES string of the molecule is O=CNC1C=CCc2ccccc21. The number of carbonyl (C=O) groups is 1. The van der Waals surface area contributed by atoms with Crippen molar-refractivity contribution in [2.75, 3.05) is 0 Å². The van der Waals surface area contributed by atoms with Gasteiger partial charge in [0.2, 0.25) is 6.41 Å². The number of hydrogen-bond donors (Lipinski definition) is 1. The van der Waals surface area contributed by atoms with Crippen LogP contribution in [0, 0.1) is 0 Å². The minimum Gasteiger partial charge on any atom is -0.348 e. The first kappa shape index (κ1) is 8.05. The maximum absolute atomic E-state index is 10.3. The summed E-state index contributed by atoms with van der Waals surface area (Å²) in [5.41, 5.74) is 2.50. The molecule has 13 heavy (non-hydrogen) atoms. The summed E-state index contributed by atoms with van der Waals surface area (Å²) in [6.45, 7) is 0. The summed E-state index contributed by atoms with van der Waals surface area (Å²) in [5, 5.41) is 2.77. The van der Waals surface area contributed by atoms with Gasteiger partial charge in [0.25, 0.3) is 0 Å². The van der Waals surface area contributed by atoms with Crippen LogP contribution in [-0.4, -0.2) is 6.41 Å². The fourth-order valence-electron chi connectivity index (χ4n) is 1.68. The molecular formula is C11H11NO. The number of carbonyl (C=O) groups excluding carboxylic acids is 1. The molecule has 0 bridgehead atoms. The molecule has 66 valence electrons. The molecule has 0 fully saturated rings. The molecule has 1 amide bonds. The Morgan fingerprint density at radius 2 is 2.23 bits per heavy atom. The largest absolute Gasteiger partial charge is 0.348 e. The number of amides is 1. The lowest BCUT2D eigenvalue weighted by atomic mass is 9.93. The van der Waals surface area contributed by atoms with E-state index in [1.54, 1.807) is 0 Å². The van der Waals surface area contributed by atoms with Crippen LogP contribution in [0.15, 0.2) is 36.4 Å². The average Bonchev–Trinajstić information content (AvgIpc) is 2.19. The summed E-state index contributed by atoms with van der Waals surface area (Å²) >= 11 is 0. The predicted octanol–water partition coefficient (Wildman–Crippen LogP) is 1.59. The lowest BCUT2D eigenvalue weighted by Crippen LogP contribution is -2.20. The van der Waals surface area contributed by atoms with E-state index in [1.165, 1.54) is 11.1 Å². The molecule has 1 unspecified atom stereocenters. The Morgan fingerprint density at radius 3 is 3.08 bits per heavy atom. The van der Waals surface area contributed by atoms with Crippen molar-refractivity contribution >= 4 is 6.41 Å². The van der Waals surface area contributed by atoms with Gasteiger partial charge in [-0.2, -0.15) is 0 Å². The highest BCUT2D eigenvalue weighted by Crippen LogP contribution is 2.23. The highest BCUT2D eigenvalue weighted by atomic mass is 16.1. The van der Waals surface area contributed by atoms with Gasteiger partial charge in [0, 0.05) is 0 Å². The number of benzene rings is 1. The van der Waals surface area contributed by atoms with E-state index in [0.717, 1.165) is 12.8 Å². The van der Waals surface area contributed by atoms with Crippen LogP contribution in [0.25, 0.3) is 0 Å². The van der Waals surface area contributed by atoms with Crippen molar-refractivity contribution in [1.82, 2.24) is 5.32 Å². The van der Waals surface area contributed by atoms with E-state index in [2.05, 4.69) is 23.5 Å². The van der Waals surface area contributed by atoms with E-state index < -0.39 is 0 Å². The molecule has 0 heterocycles. The van der Waals surface area contributed by atoms with Crippen molar-refractivity contribution < 1.29 is 4.79 Å². The Labute approximate surface area is 77.3 Å². The maximum atomic E-state index is 10.3. The summed E-state index contributed by atoms with van der Waals surface area (Å²) < 4.78 is 0. The molecule has 1 aliphatic carbocycles. The lowest BCUT2D eigenvalue weighted by molar-refractivity contribution is -0.109. The minimum atomic E-state index is 0.0578. The zero-order valence-electron chi connectivity index (χ0n) is 7.23. The van der Waals surface area contributed by atoms with Crippen LogP contribution in [0.4, 0.5) is 0 Å². The smallest absolute Gasteiger partial charge is 0.207 e. The first-order valence-corrected chi connectivity index (χ1v) is 4.36. The van der Waals surface area contributed by atoms with Gasteiger partial charge in [-0.05, 0) is 17.5 Å². The molecule has 1 aliphatic rings. The zero-order valence-corrected chi connectivity index (χ0v) is 7.23. The molecule has 0 saturated carbocycles. The number of rotatable bonds is 2. The quantitative estimate of drug-likeness (QED) is 0.534. The number of nitrogens with one attached hydrogen (secondary N) is 1. The zero-order chi connectivity index (χ0) is 9.10. The van der Waals surface area contributed by atoms with E-state index in [1.807, 2.05) is 18.2 Å². The summed E-state index contributed by atoms with van der Waals surface area (Å²) in [5.74, 6) is 0. The van der Waals surface area contributed by atoms with Crippen molar-refractivity contribution in [3.63, 3.8) is 0 Å². The molecule has 0 spiro atoms. The highest BCUT2D eigenvalue weighted by molar-refractivity contribution is 5.50. The van der Waals surface area contributed by atoms with Gasteiger partial charge in [-0.3, -0.25) is 4.79 Å². The third-order valence-electron chi connectivity index (χ3n) is 2.30. The number of fused-ring (bicyclic) bond motifs is 1. The van der Waals surface area contributed by atoms with Gasteiger partial charge in [0.05, 0.1) is 6.04 Å². The molecule has 2 nitrogen and oxygen atoms in total. The van der Waals surface area contributed by atoms with Crippen molar-refractivity contribution in [3.8, 4) is 0 Å². The summed E-state index contributed by atoms with van der Waals surface area (Å²) in [4.78, 5) is 10.3. The van der Waals surface area contributed by atoms with Crippen LogP contribution in [0.1, 0.15) is 17.2 Å². The molecular weight excluding hydrogens is 162 g/mol. The second-order valence-corrected chi connectivity index (χ2v) is 3.09. The molecule has 1 aromatic carbocycles. The molecule has 0 saturated heterocycles. The minimum absolute atomic E-state index is 0.0578.